The van der Waals surface area contributed by atoms with Crippen molar-refractivity contribution in [2.45, 2.75) is 79.6 Å². The molecule has 0 aliphatic heterocycles. The van der Waals surface area contributed by atoms with Gasteiger partial charge >= 0.3 is 0 Å². The average Bonchev–Trinajstić information content (AvgIpc) is 2.78. The molecule has 0 aromatic heterocycles. The molecule has 0 amide bonds. The van der Waals surface area contributed by atoms with Crippen LogP contribution < -0.4 is 4.74 Å². The number of para-hydroxylation sites is 1. The Kier molecular flexibility index (Phi) is 16.9. The number of allylic oxidation sites excluding steroid dienone is 4. The van der Waals surface area contributed by atoms with Crippen molar-refractivity contribution in [1.82, 2.24) is 0 Å². The van der Waals surface area contributed by atoms with E-state index < -0.39 is 9.84 Å². The maximum absolute atomic E-state index is 10.0. The van der Waals surface area contributed by atoms with Crippen molar-refractivity contribution in [1.29, 1.82) is 0 Å². The highest BCUT2D eigenvalue weighted by Crippen LogP contribution is 2.23. The molecule has 0 N–H and O–H groups in total. The highest BCUT2D eigenvalue weighted by atomic mass is 32.2. The first-order chi connectivity index (χ1) is 14.8. The summed E-state index contributed by atoms with van der Waals surface area (Å²) in [5, 5.41) is 0. The Balaban J connectivity index is 0.000000498. The minimum absolute atomic E-state index is 0.243. The summed E-state index contributed by atoms with van der Waals surface area (Å²) in [7, 11) is -2.66. The van der Waals surface area contributed by atoms with Crippen molar-refractivity contribution in [3.8, 4) is 5.75 Å². The van der Waals surface area contributed by atoms with Gasteiger partial charge < -0.3 is 9.47 Å². The lowest BCUT2D eigenvalue weighted by Gasteiger charge is -2.15. The molecule has 2 aliphatic rings. The zero-order valence-electron chi connectivity index (χ0n) is 20.5. The molecule has 0 spiro atoms. The average molecular weight is 453 g/mol. The zero-order valence-corrected chi connectivity index (χ0v) is 21.3. The van der Waals surface area contributed by atoms with E-state index >= 15 is 0 Å². The van der Waals surface area contributed by atoms with Crippen LogP contribution in [0.25, 0.3) is 0 Å². The fourth-order valence-electron chi connectivity index (χ4n) is 2.94. The molecule has 0 bridgehead atoms. The molecule has 1 aromatic carbocycles. The summed E-state index contributed by atoms with van der Waals surface area (Å²) in [4.78, 5) is 0. The van der Waals surface area contributed by atoms with Crippen LogP contribution in [-0.4, -0.2) is 27.0 Å². The lowest BCUT2D eigenvalue weighted by atomic mass is 9.91. The van der Waals surface area contributed by atoms with Gasteiger partial charge in [0, 0.05) is 24.9 Å². The van der Waals surface area contributed by atoms with Gasteiger partial charge in [-0.3, -0.25) is 0 Å². The molecule has 5 heteroatoms. The second kappa shape index (κ2) is 17.9. The standard InChI is InChI=1S/C14H16O2.C7H14.C3H8O2S.C2H6/c1-2-15-12-8-10-14(11-9-12)16-13-6-4-3-5-7-13;1-7-5-3-2-4-6-7;1-3-6(2,4)5;1-2/h3-8,10H,2,9,11H2,1H3;7H,2-6H2,1H3;3H2,1-2H3;1-2H3. The molecule has 0 atom stereocenters. The van der Waals surface area contributed by atoms with Crippen LogP contribution in [0.3, 0.4) is 0 Å². The van der Waals surface area contributed by atoms with Gasteiger partial charge in [-0.15, -0.1) is 0 Å². The van der Waals surface area contributed by atoms with Gasteiger partial charge in [0.05, 0.1) is 12.4 Å². The second-order valence-corrected chi connectivity index (χ2v) is 10.0. The van der Waals surface area contributed by atoms with Gasteiger partial charge in [0.15, 0.2) is 0 Å². The fourth-order valence-corrected chi connectivity index (χ4v) is 2.94. The van der Waals surface area contributed by atoms with Crippen LogP contribution in [0.1, 0.15) is 79.6 Å². The van der Waals surface area contributed by atoms with Gasteiger partial charge in [0.25, 0.3) is 0 Å². The molecule has 0 heterocycles. The van der Waals surface area contributed by atoms with Crippen LogP contribution in [0.5, 0.6) is 5.75 Å². The molecule has 1 fully saturated rings. The highest BCUT2D eigenvalue weighted by Gasteiger charge is 2.08. The normalized spacial score (nSPS) is 15.9. The molecule has 178 valence electrons. The van der Waals surface area contributed by atoms with Crippen molar-refractivity contribution >= 4 is 9.84 Å². The summed E-state index contributed by atoms with van der Waals surface area (Å²) >= 11 is 0. The first kappa shape index (κ1) is 29.2. The van der Waals surface area contributed by atoms with Crippen molar-refractivity contribution in [2.75, 3.05) is 18.6 Å². The van der Waals surface area contributed by atoms with Crippen molar-refractivity contribution in [3.63, 3.8) is 0 Å². The molecule has 0 saturated heterocycles. The first-order valence-corrected chi connectivity index (χ1v) is 13.8. The van der Waals surface area contributed by atoms with Crippen molar-refractivity contribution in [3.05, 3.63) is 54.0 Å². The summed E-state index contributed by atoms with van der Waals surface area (Å²) in [6.45, 7) is 10.7. The molecule has 1 aromatic rings. The van der Waals surface area contributed by atoms with E-state index in [0.29, 0.717) is 0 Å². The van der Waals surface area contributed by atoms with Gasteiger partial charge in [-0.25, -0.2) is 8.42 Å². The minimum atomic E-state index is -2.66. The fraction of sp³-hybridized carbons (Fsp3) is 0.615. The van der Waals surface area contributed by atoms with E-state index in [2.05, 4.69) is 6.92 Å². The summed E-state index contributed by atoms with van der Waals surface area (Å²) in [5.41, 5.74) is 0. The maximum atomic E-state index is 10.0. The second-order valence-electron chi connectivity index (χ2n) is 7.57. The molecule has 0 unspecified atom stereocenters. The van der Waals surface area contributed by atoms with Crippen LogP contribution >= 0.6 is 0 Å². The lowest BCUT2D eigenvalue weighted by Crippen LogP contribution is -2.02. The van der Waals surface area contributed by atoms with E-state index in [4.69, 9.17) is 9.47 Å². The monoisotopic (exact) mass is 452 g/mol. The van der Waals surface area contributed by atoms with Crippen LogP contribution in [0.4, 0.5) is 0 Å². The zero-order chi connectivity index (χ0) is 23.5. The van der Waals surface area contributed by atoms with E-state index in [9.17, 15) is 8.42 Å². The van der Waals surface area contributed by atoms with E-state index in [1.54, 1.807) is 6.92 Å². The van der Waals surface area contributed by atoms with Gasteiger partial charge in [0.1, 0.15) is 21.3 Å². The molecule has 4 nitrogen and oxygen atoms in total. The molecule has 0 radical (unpaired) electrons. The summed E-state index contributed by atoms with van der Waals surface area (Å²) < 4.78 is 31.2. The van der Waals surface area contributed by atoms with Gasteiger partial charge in [0.2, 0.25) is 0 Å². The quantitative estimate of drug-likeness (QED) is 0.469. The Bertz CT molecular complexity index is 715. The topological polar surface area (TPSA) is 52.6 Å². The van der Waals surface area contributed by atoms with Crippen molar-refractivity contribution < 1.29 is 17.9 Å². The lowest BCUT2D eigenvalue weighted by molar-refractivity contribution is 0.213. The van der Waals surface area contributed by atoms with Gasteiger partial charge in [-0.05, 0) is 37.1 Å². The third kappa shape index (κ3) is 16.6. The molecule has 2 aliphatic carbocycles. The smallest absolute Gasteiger partial charge is 0.147 e. The Labute approximate surface area is 191 Å². The van der Waals surface area contributed by atoms with E-state index in [0.717, 1.165) is 42.6 Å². The van der Waals surface area contributed by atoms with Crippen LogP contribution in [0, 0.1) is 5.92 Å². The molecular weight excluding hydrogens is 408 g/mol. The summed E-state index contributed by atoms with van der Waals surface area (Å²) in [6.07, 6.45) is 14.5. The Morgan fingerprint density at radius 3 is 1.81 bits per heavy atom. The number of rotatable bonds is 5. The molecule has 3 rings (SSSR count). The number of hydrogen-bond acceptors (Lipinski definition) is 4. The predicted molar refractivity (Wildman–Crippen MR) is 133 cm³/mol. The first-order valence-electron chi connectivity index (χ1n) is 11.8. The number of sulfone groups is 1. The van der Waals surface area contributed by atoms with Gasteiger partial charge in [-0.2, -0.15) is 0 Å². The van der Waals surface area contributed by atoms with Crippen molar-refractivity contribution in [2.24, 2.45) is 5.92 Å². The predicted octanol–water partition coefficient (Wildman–Crippen LogP) is 7.33. The van der Waals surface area contributed by atoms with Crippen LogP contribution in [-0.2, 0) is 14.6 Å². The van der Waals surface area contributed by atoms with E-state index in [-0.39, 0.29) is 5.75 Å². The molecular formula is C26H44O4S. The summed E-state index contributed by atoms with van der Waals surface area (Å²) in [5.74, 6) is 4.21. The Morgan fingerprint density at radius 2 is 1.42 bits per heavy atom. The van der Waals surface area contributed by atoms with E-state index in [1.165, 1.54) is 38.4 Å². The highest BCUT2D eigenvalue weighted by molar-refractivity contribution is 7.90. The third-order valence-electron chi connectivity index (χ3n) is 4.81. The van der Waals surface area contributed by atoms with Crippen LogP contribution in [0.2, 0.25) is 0 Å². The summed E-state index contributed by atoms with van der Waals surface area (Å²) in [6, 6.07) is 9.85. The van der Waals surface area contributed by atoms with Crippen LogP contribution in [0.15, 0.2) is 54.0 Å². The Morgan fingerprint density at radius 1 is 0.903 bits per heavy atom. The maximum Gasteiger partial charge on any atom is 0.147 e. The minimum Gasteiger partial charge on any atom is -0.498 e. The SMILES string of the molecule is CC.CC1CCCCC1.CCOC1=CC=C(Oc2ccccc2)CC1.CCS(C)(=O)=O. The van der Waals surface area contributed by atoms with Gasteiger partial charge in [-0.1, -0.05) is 78.0 Å². The molecule has 1 saturated carbocycles. The number of benzene rings is 1. The largest absolute Gasteiger partial charge is 0.498 e. The third-order valence-corrected chi connectivity index (χ3v) is 5.86. The number of ether oxygens (including phenoxy) is 2. The number of hydrogen-bond donors (Lipinski definition) is 0. The Hall–Kier alpha value is -1.75. The van der Waals surface area contributed by atoms with E-state index in [1.807, 2.05) is 63.3 Å². The molecule has 31 heavy (non-hydrogen) atoms.